The molecule has 3 heteroatoms. The summed E-state index contributed by atoms with van der Waals surface area (Å²) in [5, 5.41) is 3.50. The summed E-state index contributed by atoms with van der Waals surface area (Å²) in [7, 11) is 0. The van der Waals surface area contributed by atoms with Gasteiger partial charge < -0.3 is 15.0 Å². The van der Waals surface area contributed by atoms with Gasteiger partial charge in [0.25, 0.3) is 0 Å². The van der Waals surface area contributed by atoms with Gasteiger partial charge in [0.1, 0.15) is 0 Å². The number of hydrogen-bond acceptors (Lipinski definition) is 3. The second kappa shape index (κ2) is 3.47. The van der Waals surface area contributed by atoms with E-state index in [9.17, 15) is 0 Å². The maximum atomic E-state index is 6.10. The van der Waals surface area contributed by atoms with E-state index in [0.29, 0.717) is 0 Å². The maximum Gasteiger partial charge on any atom is 0.0859 e. The van der Waals surface area contributed by atoms with Crippen LogP contribution in [0.1, 0.15) is 19.3 Å². The molecule has 3 unspecified atom stereocenters. The Balaban J connectivity index is 1.77. The van der Waals surface area contributed by atoms with E-state index in [1.54, 1.807) is 0 Å². The van der Waals surface area contributed by atoms with E-state index >= 15 is 0 Å². The highest BCUT2D eigenvalue weighted by molar-refractivity contribution is 4.99. The van der Waals surface area contributed by atoms with Gasteiger partial charge in [-0.2, -0.15) is 0 Å². The van der Waals surface area contributed by atoms with E-state index in [2.05, 4.69) is 10.2 Å². The van der Waals surface area contributed by atoms with Crippen LogP contribution in [-0.2, 0) is 4.74 Å². The van der Waals surface area contributed by atoms with Crippen molar-refractivity contribution in [3.63, 3.8) is 0 Å². The SMILES string of the molecule is C1CC2CN(C1)CCC21CNCCO1. The van der Waals surface area contributed by atoms with E-state index in [0.717, 1.165) is 25.6 Å². The Labute approximate surface area is 85.8 Å². The summed E-state index contributed by atoms with van der Waals surface area (Å²) in [6.45, 7) is 6.89. The maximum absolute atomic E-state index is 6.10. The van der Waals surface area contributed by atoms with Crippen LogP contribution in [0.4, 0.5) is 0 Å². The molecule has 0 radical (unpaired) electrons. The number of morpholine rings is 1. The van der Waals surface area contributed by atoms with Crippen LogP contribution >= 0.6 is 0 Å². The summed E-state index contributed by atoms with van der Waals surface area (Å²) in [6, 6.07) is 0. The van der Waals surface area contributed by atoms with Gasteiger partial charge in [0.2, 0.25) is 0 Å². The summed E-state index contributed by atoms with van der Waals surface area (Å²) in [6.07, 6.45) is 3.98. The topological polar surface area (TPSA) is 24.5 Å². The number of rotatable bonds is 0. The van der Waals surface area contributed by atoms with Gasteiger partial charge in [-0.25, -0.2) is 0 Å². The number of piperidine rings is 2. The van der Waals surface area contributed by atoms with Gasteiger partial charge in [-0.15, -0.1) is 0 Å². The third-order valence-corrected chi connectivity index (χ3v) is 4.19. The fraction of sp³-hybridized carbons (Fsp3) is 1.00. The lowest BCUT2D eigenvalue weighted by Gasteiger charge is -2.52. The molecule has 0 amide bonds. The first-order valence-corrected chi connectivity index (χ1v) is 5.96. The first-order chi connectivity index (χ1) is 6.89. The van der Waals surface area contributed by atoms with Crippen LogP contribution in [0.25, 0.3) is 0 Å². The Kier molecular flexibility index (Phi) is 2.26. The van der Waals surface area contributed by atoms with Gasteiger partial charge in [0.05, 0.1) is 12.2 Å². The van der Waals surface area contributed by atoms with Crippen molar-refractivity contribution in [1.29, 1.82) is 0 Å². The average Bonchev–Trinajstić information content (AvgIpc) is 2.27. The van der Waals surface area contributed by atoms with Gasteiger partial charge in [0.15, 0.2) is 0 Å². The Morgan fingerprint density at radius 2 is 2.36 bits per heavy atom. The Hall–Kier alpha value is -0.120. The van der Waals surface area contributed by atoms with Crippen LogP contribution in [0.5, 0.6) is 0 Å². The molecule has 3 heterocycles. The normalized spacial score (nSPS) is 48.0. The third-order valence-electron chi connectivity index (χ3n) is 4.19. The van der Waals surface area contributed by atoms with Crippen molar-refractivity contribution in [3.05, 3.63) is 0 Å². The minimum Gasteiger partial charge on any atom is -0.372 e. The number of nitrogens with zero attached hydrogens (tertiary/aromatic N) is 1. The molecular formula is C11H20N2O. The predicted octanol–water partition coefficient (Wildman–Crippen LogP) is 0.461. The van der Waals surface area contributed by atoms with Gasteiger partial charge in [-0.05, 0) is 25.8 Å². The Morgan fingerprint density at radius 1 is 1.36 bits per heavy atom. The first kappa shape index (κ1) is 9.13. The molecule has 0 aromatic heterocycles. The third kappa shape index (κ3) is 1.38. The van der Waals surface area contributed by atoms with Crippen molar-refractivity contribution in [3.8, 4) is 0 Å². The minimum atomic E-state index is 0.204. The number of hydrogen-bond donors (Lipinski definition) is 1. The molecule has 3 rings (SSSR count). The molecule has 3 aliphatic heterocycles. The smallest absolute Gasteiger partial charge is 0.0859 e. The second-order valence-corrected chi connectivity index (χ2v) is 4.98. The highest BCUT2D eigenvalue weighted by atomic mass is 16.5. The summed E-state index contributed by atoms with van der Waals surface area (Å²) in [5.74, 6) is 0.790. The molecule has 0 aromatic carbocycles. The van der Waals surface area contributed by atoms with Crippen LogP contribution in [-0.4, -0.2) is 49.8 Å². The van der Waals surface area contributed by atoms with Gasteiger partial charge >= 0.3 is 0 Å². The first-order valence-electron chi connectivity index (χ1n) is 5.96. The van der Waals surface area contributed by atoms with Crippen molar-refractivity contribution in [2.24, 2.45) is 5.92 Å². The second-order valence-electron chi connectivity index (χ2n) is 4.98. The number of ether oxygens (including phenoxy) is 1. The quantitative estimate of drug-likeness (QED) is 0.609. The molecule has 3 fully saturated rings. The minimum absolute atomic E-state index is 0.204. The lowest BCUT2D eigenvalue weighted by molar-refractivity contribution is -0.148. The van der Waals surface area contributed by atoms with Crippen LogP contribution in [0.15, 0.2) is 0 Å². The van der Waals surface area contributed by atoms with Crippen molar-refractivity contribution in [2.75, 3.05) is 39.3 Å². The molecule has 80 valence electrons. The number of fused-ring (bicyclic) bond motifs is 3. The van der Waals surface area contributed by atoms with Crippen LogP contribution < -0.4 is 5.32 Å². The molecule has 1 spiro atoms. The lowest BCUT2D eigenvalue weighted by atomic mass is 9.75. The molecule has 0 aromatic rings. The van der Waals surface area contributed by atoms with Crippen molar-refractivity contribution < 1.29 is 4.74 Å². The molecule has 3 atom stereocenters. The zero-order chi connectivity index (χ0) is 9.43. The molecule has 0 aliphatic carbocycles. The van der Waals surface area contributed by atoms with Gasteiger partial charge in [0, 0.05) is 32.1 Å². The van der Waals surface area contributed by atoms with Crippen molar-refractivity contribution in [2.45, 2.75) is 24.9 Å². The zero-order valence-corrected chi connectivity index (χ0v) is 8.80. The van der Waals surface area contributed by atoms with E-state index < -0.39 is 0 Å². The molecular weight excluding hydrogens is 176 g/mol. The van der Waals surface area contributed by atoms with Gasteiger partial charge in [-0.1, -0.05) is 0 Å². The largest absolute Gasteiger partial charge is 0.372 e. The van der Waals surface area contributed by atoms with E-state index in [4.69, 9.17) is 4.74 Å². The highest BCUT2D eigenvalue weighted by Crippen LogP contribution is 2.37. The molecule has 1 N–H and O–H groups in total. The van der Waals surface area contributed by atoms with Crippen LogP contribution in [0, 0.1) is 5.92 Å². The number of nitrogens with one attached hydrogen (secondary N) is 1. The fourth-order valence-electron chi connectivity index (χ4n) is 3.34. The molecule has 3 aliphatic rings. The summed E-state index contributed by atoms with van der Waals surface area (Å²) in [4.78, 5) is 2.61. The summed E-state index contributed by atoms with van der Waals surface area (Å²) in [5.41, 5.74) is 0.204. The molecule has 3 nitrogen and oxygen atoms in total. The van der Waals surface area contributed by atoms with Crippen molar-refractivity contribution >= 4 is 0 Å². The zero-order valence-electron chi connectivity index (χ0n) is 8.80. The molecule has 2 bridgehead atoms. The molecule has 0 saturated carbocycles. The predicted molar refractivity (Wildman–Crippen MR) is 55.3 cm³/mol. The molecule has 14 heavy (non-hydrogen) atoms. The van der Waals surface area contributed by atoms with E-state index in [-0.39, 0.29) is 5.60 Å². The average molecular weight is 196 g/mol. The summed E-state index contributed by atoms with van der Waals surface area (Å²) >= 11 is 0. The van der Waals surface area contributed by atoms with E-state index in [1.165, 1.54) is 38.9 Å². The summed E-state index contributed by atoms with van der Waals surface area (Å²) < 4.78 is 6.10. The highest BCUT2D eigenvalue weighted by Gasteiger charge is 2.46. The monoisotopic (exact) mass is 196 g/mol. The standard InChI is InChI=1S/C11H20N2O/c1-2-10-8-13(5-1)6-3-11(10)9-12-4-7-14-11/h10,12H,1-9H2. The Morgan fingerprint density at radius 3 is 3.21 bits per heavy atom. The lowest BCUT2D eigenvalue weighted by Crippen LogP contribution is -2.62. The Bertz CT molecular complexity index is 213. The fourth-order valence-corrected chi connectivity index (χ4v) is 3.34. The van der Waals surface area contributed by atoms with E-state index in [1.807, 2.05) is 0 Å². The van der Waals surface area contributed by atoms with Gasteiger partial charge in [-0.3, -0.25) is 0 Å². The van der Waals surface area contributed by atoms with Crippen LogP contribution in [0.2, 0.25) is 0 Å². The van der Waals surface area contributed by atoms with Crippen molar-refractivity contribution in [1.82, 2.24) is 10.2 Å². The van der Waals surface area contributed by atoms with Crippen LogP contribution in [0.3, 0.4) is 0 Å². The molecule has 3 saturated heterocycles.